The van der Waals surface area contributed by atoms with E-state index >= 15 is 0 Å². The lowest BCUT2D eigenvalue weighted by Crippen LogP contribution is -2.29. The molecule has 2 rings (SSSR count). The number of hydrazine groups is 1. The number of oxime groups is 1. The second-order valence-electron chi connectivity index (χ2n) is 4.85. The van der Waals surface area contributed by atoms with Crippen molar-refractivity contribution < 1.29 is 22.6 Å². The normalized spacial score (nSPS) is 12.2. The fraction of sp³-hybridized carbons (Fsp3) is 0.250. The third-order valence-corrected chi connectivity index (χ3v) is 4.35. The summed E-state index contributed by atoms with van der Waals surface area (Å²) >= 11 is 3.04. The summed E-state index contributed by atoms with van der Waals surface area (Å²) in [6.45, 7) is 0.106. The third-order valence-electron chi connectivity index (χ3n) is 2.80. The van der Waals surface area contributed by atoms with E-state index in [9.17, 15) is 18.0 Å². The summed E-state index contributed by atoms with van der Waals surface area (Å²) in [5.41, 5.74) is 5.67. The quantitative estimate of drug-likeness (QED) is 0.165. The van der Waals surface area contributed by atoms with Crippen LogP contribution in [0.4, 0.5) is 15.9 Å². The predicted molar refractivity (Wildman–Crippen MR) is 91.7 cm³/mol. The molecule has 0 aliphatic rings. The molecule has 1 aromatic carbocycles. The summed E-state index contributed by atoms with van der Waals surface area (Å²) in [5.74, 6) is -0.598. The van der Waals surface area contributed by atoms with Crippen LogP contribution in [0.2, 0.25) is 0 Å². The molecule has 0 atom stereocenters. The van der Waals surface area contributed by atoms with E-state index in [2.05, 4.69) is 52.2 Å². The molecule has 1 heterocycles. The molecule has 1 aromatic heterocycles. The number of aromatic nitrogens is 2. The van der Waals surface area contributed by atoms with Gasteiger partial charge in [-0.05, 0) is 44.4 Å². The Morgan fingerprint density at radius 2 is 2.20 bits per heavy atom. The highest BCUT2D eigenvalue weighted by atomic mass is 79.9. The van der Waals surface area contributed by atoms with Gasteiger partial charge in [0.15, 0.2) is 5.69 Å². The van der Waals surface area contributed by atoms with Crippen molar-refractivity contribution in [3.63, 3.8) is 0 Å². The summed E-state index contributed by atoms with van der Waals surface area (Å²) in [5, 5.41) is 22.2. The van der Waals surface area contributed by atoms with Crippen molar-refractivity contribution in [2.24, 2.45) is 5.16 Å². The average molecular weight is 437 g/mol. The number of halogens is 2. The van der Waals surface area contributed by atoms with Crippen LogP contribution in [0.1, 0.15) is 5.69 Å². The van der Waals surface area contributed by atoms with E-state index in [1.54, 1.807) is 0 Å². The van der Waals surface area contributed by atoms with Gasteiger partial charge in [0.1, 0.15) is 15.7 Å². The lowest BCUT2D eigenvalue weighted by molar-refractivity contribution is 0.304. The van der Waals surface area contributed by atoms with Crippen LogP contribution in [0.25, 0.3) is 0 Å². The van der Waals surface area contributed by atoms with Gasteiger partial charge in [-0.25, -0.2) is 22.9 Å². The van der Waals surface area contributed by atoms with Crippen LogP contribution < -0.4 is 16.2 Å². The zero-order chi connectivity index (χ0) is 18.4. The van der Waals surface area contributed by atoms with E-state index in [0.717, 1.165) is 6.26 Å². The zero-order valence-corrected chi connectivity index (χ0v) is 15.2. The first kappa shape index (κ1) is 19.1. The fourth-order valence-electron chi connectivity index (χ4n) is 1.65. The summed E-state index contributed by atoms with van der Waals surface area (Å²) in [4.78, 5) is 0. The van der Waals surface area contributed by atoms with Crippen molar-refractivity contribution in [2.45, 2.75) is 0 Å². The van der Waals surface area contributed by atoms with Crippen LogP contribution in [-0.4, -0.2) is 48.3 Å². The highest BCUT2D eigenvalue weighted by molar-refractivity contribution is 9.10. The molecule has 25 heavy (non-hydrogen) atoms. The minimum absolute atomic E-state index is 0.0230. The lowest BCUT2D eigenvalue weighted by Gasteiger charge is -2.09. The lowest BCUT2D eigenvalue weighted by atomic mass is 10.3. The Bertz CT molecular complexity index is 872. The molecule has 10 nitrogen and oxygen atoms in total. The average Bonchev–Trinajstić information content (AvgIpc) is 3.00. The minimum atomic E-state index is -3.12. The second kappa shape index (κ2) is 8.22. The molecule has 0 saturated carbocycles. The van der Waals surface area contributed by atoms with Crippen LogP contribution in [0.3, 0.4) is 0 Å². The molecule has 0 radical (unpaired) electrons. The SMILES string of the molecule is CS(=O)(=O)CCNNc1nonc1/C(=N/O)Nc1ccc(F)c(Br)c1. The number of rotatable bonds is 7. The Hall–Kier alpha value is -2.25. The van der Waals surface area contributed by atoms with Gasteiger partial charge in [-0.15, -0.1) is 0 Å². The molecule has 0 saturated heterocycles. The molecule has 0 spiro atoms. The number of sulfone groups is 1. The summed E-state index contributed by atoms with van der Waals surface area (Å²) < 4.78 is 40.2. The first-order valence-corrected chi connectivity index (χ1v) is 9.59. The zero-order valence-electron chi connectivity index (χ0n) is 12.8. The van der Waals surface area contributed by atoms with Gasteiger partial charge in [-0.1, -0.05) is 5.16 Å². The molecule has 0 aliphatic carbocycles. The number of hydrogen-bond donors (Lipinski definition) is 4. The number of hydrogen-bond acceptors (Lipinski definition) is 9. The van der Waals surface area contributed by atoms with E-state index in [-0.39, 0.29) is 34.1 Å². The largest absolute Gasteiger partial charge is 0.409 e. The molecule has 136 valence electrons. The first-order chi connectivity index (χ1) is 11.8. The Morgan fingerprint density at radius 3 is 2.84 bits per heavy atom. The molecule has 13 heteroatoms. The Labute approximate surface area is 150 Å². The molecule has 0 amide bonds. The van der Waals surface area contributed by atoms with Gasteiger partial charge >= 0.3 is 0 Å². The van der Waals surface area contributed by atoms with Crippen molar-refractivity contribution in [1.29, 1.82) is 0 Å². The number of benzene rings is 1. The van der Waals surface area contributed by atoms with E-state index < -0.39 is 15.7 Å². The van der Waals surface area contributed by atoms with Gasteiger partial charge in [0, 0.05) is 18.5 Å². The van der Waals surface area contributed by atoms with Crippen LogP contribution in [0.15, 0.2) is 32.5 Å². The van der Waals surface area contributed by atoms with Crippen molar-refractivity contribution in [3.05, 3.63) is 34.2 Å². The Kier molecular flexibility index (Phi) is 6.27. The van der Waals surface area contributed by atoms with Gasteiger partial charge in [-0.3, -0.25) is 0 Å². The molecular formula is C12H14BrFN6O4S. The van der Waals surface area contributed by atoms with E-state index in [1.165, 1.54) is 18.2 Å². The van der Waals surface area contributed by atoms with Gasteiger partial charge in [0.2, 0.25) is 11.7 Å². The van der Waals surface area contributed by atoms with Crippen molar-refractivity contribution >= 4 is 43.1 Å². The Balaban J connectivity index is 2.06. The molecular weight excluding hydrogens is 423 g/mol. The molecule has 2 aromatic rings. The number of nitrogens with one attached hydrogen (secondary N) is 3. The monoisotopic (exact) mass is 436 g/mol. The van der Waals surface area contributed by atoms with Gasteiger partial charge in [0.05, 0.1) is 10.2 Å². The molecule has 0 aliphatic heterocycles. The maximum atomic E-state index is 13.3. The number of amidine groups is 1. The fourth-order valence-corrected chi connectivity index (χ4v) is 2.50. The van der Waals surface area contributed by atoms with Crippen molar-refractivity contribution in [3.8, 4) is 0 Å². The predicted octanol–water partition coefficient (Wildman–Crippen LogP) is 1.18. The van der Waals surface area contributed by atoms with Crippen molar-refractivity contribution in [1.82, 2.24) is 15.7 Å². The second-order valence-corrected chi connectivity index (χ2v) is 7.96. The van der Waals surface area contributed by atoms with Crippen molar-refractivity contribution in [2.75, 3.05) is 29.3 Å². The van der Waals surface area contributed by atoms with Crippen LogP contribution >= 0.6 is 15.9 Å². The van der Waals surface area contributed by atoms with Gasteiger partial charge in [0.25, 0.3) is 0 Å². The summed E-state index contributed by atoms with van der Waals surface area (Å²) in [7, 11) is -3.12. The molecule has 0 bridgehead atoms. The van der Waals surface area contributed by atoms with E-state index in [1.807, 2.05) is 0 Å². The summed E-state index contributed by atoms with van der Waals surface area (Å²) in [6.07, 6.45) is 1.11. The standard InChI is InChI=1S/C12H14BrFN6O4S/c1-25(22,23)5-4-15-17-12-10(19-24-20-12)11(18-21)16-7-2-3-9(14)8(13)6-7/h2-3,6,15,21H,4-5H2,1H3,(H,16,18)(H,17,20). The molecule has 0 unspecified atom stereocenters. The van der Waals surface area contributed by atoms with E-state index in [4.69, 9.17) is 0 Å². The number of nitrogens with zero attached hydrogens (tertiary/aromatic N) is 3. The maximum absolute atomic E-state index is 13.3. The first-order valence-electron chi connectivity index (χ1n) is 6.74. The Morgan fingerprint density at radius 1 is 1.44 bits per heavy atom. The summed E-state index contributed by atoms with van der Waals surface area (Å²) in [6, 6.07) is 4.08. The topological polar surface area (TPSA) is 142 Å². The van der Waals surface area contributed by atoms with Gasteiger partial charge in [-0.2, -0.15) is 0 Å². The maximum Gasteiger partial charge on any atom is 0.216 e. The highest BCUT2D eigenvalue weighted by Gasteiger charge is 2.18. The van der Waals surface area contributed by atoms with Gasteiger partial charge < -0.3 is 15.9 Å². The van der Waals surface area contributed by atoms with Crippen LogP contribution in [0, 0.1) is 5.82 Å². The smallest absolute Gasteiger partial charge is 0.216 e. The van der Waals surface area contributed by atoms with Crippen LogP contribution in [0.5, 0.6) is 0 Å². The molecule has 4 N–H and O–H groups in total. The minimum Gasteiger partial charge on any atom is -0.409 e. The third kappa shape index (κ3) is 5.65. The number of anilines is 2. The van der Waals surface area contributed by atoms with E-state index in [0.29, 0.717) is 5.69 Å². The highest BCUT2D eigenvalue weighted by Crippen LogP contribution is 2.21. The molecule has 0 fully saturated rings. The van der Waals surface area contributed by atoms with Crippen LogP contribution in [-0.2, 0) is 9.84 Å².